The van der Waals surface area contributed by atoms with Crippen LogP contribution in [0, 0.1) is 0 Å². The summed E-state index contributed by atoms with van der Waals surface area (Å²) >= 11 is 0. The average Bonchev–Trinajstić information content (AvgIpc) is 3.18. The van der Waals surface area contributed by atoms with Gasteiger partial charge in [0.05, 0.1) is 12.7 Å². The number of rotatable bonds is 7. The Labute approximate surface area is 169 Å². The van der Waals surface area contributed by atoms with Crippen molar-refractivity contribution in [3.63, 3.8) is 0 Å². The van der Waals surface area contributed by atoms with Crippen molar-refractivity contribution in [2.75, 3.05) is 24.3 Å². The predicted molar refractivity (Wildman–Crippen MR) is 118 cm³/mol. The second kappa shape index (κ2) is 8.52. The van der Waals surface area contributed by atoms with E-state index in [0.29, 0.717) is 11.3 Å². The molecule has 0 saturated heterocycles. The summed E-state index contributed by atoms with van der Waals surface area (Å²) in [7, 11) is 1.56. The van der Waals surface area contributed by atoms with Gasteiger partial charge in [-0.2, -0.15) is 0 Å². The maximum Gasteiger partial charge on any atom is 0.259 e. The molecule has 3 aromatic carbocycles. The number of hydrogen-bond acceptors (Lipinski definition) is 3. The fourth-order valence-electron chi connectivity index (χ4n) is 3.38. The van der Waals surface area contributed by atoms with Crippen LogP contribution in [0.3, 0.4) is 0 Å². The normalized spacial score (nSPS) is 10.7. The van der Waals surface area contributed by atoms with Crippen LogP contribution in [-0.4, -0.2) is 24.5 Å². The van der Waals surface area contributed by atoms with Crippen molar-refractivity contribution in [1.82, 2.24) is 4.98 Å². The molecule has 0 bridgehead atoms. The fourth-order valence-corrected chi connectivity index (χ4v) is 3.38. The van der Waals surface area contributed by atoms with Crippen LogP contribution in [-0.2, 0) is 6.42 Å². The van der Waals surface area contributed by atoms with E-state index in [-0.39, 0.29) is 5.91 Å². The minimum atomic E-state index is -0.192. The number of carbonyl (C=O) groups excluding carboxylic acids is 1. The average molecular weight is 385 g/mol. The van der Waals surface area contributed by atoms with Gasteiger partial charge in [0.15, 0.2) is 0 Å². The van der Waals surface area contributed by atoms with E-state index in [0.717, 1.165) is 29.9 Å². The van der Waals surface area contributed by atoms with Gasteiger partial charge in [0, 0.05) is 35.0 Å². The first-order valence-corrected chi connectivity index (χ1v) is 9.58. The van der Waals surface area contributed by atoms with E-state index >= 15 is 0 Å². The van der Waals surface area contributed by atoms with Crippen molar-refractivity contribution in [2.45, 2.75) is 6.42 Å². The maximum atomic E-state index is 12.5. The summed E-state index contributed by atoms with van der Waals surface area (Å²) in [6, 6.07) is 23.2. The summed E-state index contributed by atoms with van der Waals surface area (Å²) < 4.78 is 5.25. The number of H-pyrrole nitrogens is 1. The molecular weight excluding hydrogens is 362 g/mol. The summed E-state index contributed by atoms with van der Waals surface area (Å²) in [5.41, 5.74) is 4.73. The number of ether oxygens (including phenoxy) is 1. The van der Waals surface area contributed by atoms with Gasteiger partial charge in [0.25, 0.3) is 5.91 Å². The number of aromatic nitrogens is 1. The third-order valence-electron chi connectivity index (χ3n) is 4.89. The van der Waals surface area contributed by atoms with Crippen molar-refractivity contribution >= 4 is 28.2 Å². The molecule has 1 amide bonds. The number of methoxy groups -OCH3 is 1. The van der Waals surface area contributed by atoms with Crippen LogP contribution in [0.1, 0.15) is 15.9 Å². The van der Waals surface area contributed by atoms with Gasteiger partial charge in [0.1, 0.15) is 5.75 Å². The molecule has 5 nitrogen and oxygen atoms in total. The lowest BCUT2D eigenvalue weighted by Crippen LogP contribution is -2.13. The monoisotopic (exact) mass is 385 g/mol. The van der Waals surface area contributed by atoms with Crippen molar-refractivity contribution < 1.29 is 9.53 Å². The molecule has 0 atom stereocenters. The topological polar surface area (TPSA) is 66.2 Å². The van der Waals surface area contributed by atoms with Crippen molar-refractivity contribution in [2.24, 2.45) is 0 Å². The first-order chi connectivity index (χ1) is 14.2. The Hall–Kier alpha value is -3.73. The second-order valence-electron chi connectivity index (χ2n) is 6.77. The maximum absolute atomic E-state index is 12.5. The van der Waals surface area contributed by atoms with Crippen molar-refractivity contribution in [3.8, 4) is 5.75 Å². The zero-order chi connectivity index (χ0) is 20.1. The molecule has 0 aliphatic heterocycles. The standard InChI is InChI=1S/C24H23N3O2/c1-29-23-9-5-3-7-21(23)24(28)27-19-12-10-18(11-13-19)25-15-14-17-16-26-22-8-4-2-6-20(17)22/h2-13,16,25-26H,14-15H2,1H3,(H,27,28). The van der Waals surface area contributed by atoms with Crippen molar-refractivity contribution in [1.29, 1.82) is 0 Å². The Kier molecular flexibility index (Phi) is 5.47. The van der Waals surface area contributed by atoms with E-state index in [9.17, 15) is 4.79 Å². The molecule has 0 unspecified atom stereocenters. The van der Waals surface area contributed by atoms with Crippen LogP contribution in [0.25, 0.3) is 10.9 Å². The summed E-state index contributed by atoms with van der Waals surface area (Å²) in [5.74, 6) is 0.364. The second-order valence-corrected chi connectivity index (χ2v) is 6.77. The Bertz CT molecular complexity index is 1120. The number of nitrogens with one attached hydrogen (secondary N) is 3. The Morgan fingerprint density at radius 3 is 2.48 bits per heavy atom. The smallest absolute Gasteiger partial charge is 0.259 e. The Morgan fingerprint density at radius 1 is 0.931 bits per heavy atom. The molecule has 3 N–H and O–H groups in total. The molecule has 4 rings (SSSR count). The van der Waals surface area contributed by atoms with Gasteiger partial charge in [-0.1, -0.05) is 30.3 Å². The van der Waals surface area contributed by atoms with Crippen LogP contribution in [0.2, 0.25) is 0 Å². The molecule has 0 aliphatic rings. The molecule has 4 aromatic rings. The molecule has 0 saturated carbocycles. The van der Waals surface area contributed by atoms with E-state index in [1.54, 1.807) is 19.2 Å². The minimum absolute atomic E-state index is 0.192. The molecule has 5 heteroatoms. The summed E-state index contributed by atoms with van der Waals surface area (Å²) in [4.78, 5) is 15.8. The number of carbonyl (C=O) groups is 1. The molecule has 0 fully saturated rings. The third-order valence-corrected chi connectivity index (χ3v) is 4.89. The number of amides is 1. The molecule has 1 aromatic heterocycles. The zero-order valence-electron chi connectivity index (χ0n) is 16.2. The van der Waals surface area contributed by atoms with Crippen LogP contribution in [0.4, 0.5) is 11.4 Å². The highest BCUT2D eigenvalue weighted by atomic mass is 16.5. The van der Waals surface area contributed by atoms with E-state index in [4.69, 9.17) is 4.74 Å². The van der Waals surface area contributed by atoms with Crippen LogP contribution in [0.5, 0.6) is 5.75 Å². The largest absolute Gasteiger partial charge is 0.496 e. The molecule has 0 spiro atoms. The fraction of sp³-hybridized carbons (Fsp3) is 0.125. The summed E-state index contributed by atoms with van der Waals surface area (Å²) in [6.45, 7) is 0.828. The van der Waals surface area contributed by atoms with Crippen molar-refractivity contribution in [3.05, 3.63) is 90.1 Å². The van der Waals surface area contributed by atoms with Crippen LogP contribution in [0.15, 0.2) is 79.0 Å². The minimum Gasteiger partial charge on any atom is -0.496 e. The predicted octanol–water partition coefficient (Wildman–Crippen LogP) is 5.08. The lowest BCUT2D eigenvalue weighted by Gasteiger charge is -2.10. The summed E-state index contributed by atoms with van der Waals surface area (Å²) in [5, 5.41) is 7.61. The van der Waals surface area contributed by atoms with E-state index in [1.807, 2.05) is 42.5 Å². The van der Waals surface area contributed by atoms with E-state index in [2.05, 4.69) is 40.0 Å². The quantitative estimate of drug-likeness (QED) is 0.415. The van der Waals surface area contributed by atoms with Gasteiger partial charge in [-0.25, -0.2) is 0 Å². The SMILES string of the molecule is COc1ccccc1C(=O)Nc1ccc(NCCc2c[nH]c3ccccc23)cc1. The first kappa shape index (κ1) is 18.6. The number of para-hydroxylation sites is 2. The molecule has 146 valence electrons. The summed E-state index contributed by atoms with van der Waals surface area (Å²) in [6.07, 6.45) is 3.00. The molecule has 0 radical (unpaired) electrons. The Balaban J connectivity index is 1.34. The van der Waals surface area contributed by atoms with E-state index in [1.165, 1.54) is 10.9 Å². The van der Waals surface area contributed by atoms with Crippen LogP contribution >= 0.6 is 0 Å². The van der Waals surface area contributed by atoms with Gasteiger partial charge in [-0.15, -0.1) is 0 Å². The molecule has 29 heavy (non-hydrogen) atoms. The van der Waals surface area contributed by atoms with Gasteiger partial charge in [0.2, 0.25) is 0 Å². The van der Waals surface area contributed by atoms with Crippen LogP contribution < -0.4 is 15.4 Å². The lowest BCUT2D eigenvalue weighted by atomic mass is 10.1. The molecule has 0 aliphatic carbocycles. The first-order valence-electron chi connectivity index (χ1n) is 9.58. The highest BCUT2D eigenvalue weighted by Crippen LogP contribution is 2.21. The lowest BCUT2D eigenvalue weighted by molar-refractivity contribution is 0.102. The van der Waals surface area contributed by atoms with Gasteiger partial charge >= 0.3 is 0 Å². The Morgan fingerprint density at radius 2 is 1.66 bits per heavy atom. The molecular formula is C24H23N3O2. The number of aromatic amines is 1. The van der Waals surface area contributed by atoms with Gasteiger partial charge < -0.3 is 20.4 Å². The molecule has 1 heterocycles. The third kappa shape index (κ3) is 4.24. The number of fused-ring (bicyclic) bond motifs is 1. The van der Waals surface area contributed by atoms with Gasteiger partial charge in [-0.3, -0.25) is 4.79 Å². The highest BCUT2D eigenvalue weighted by molar-refractivity contribution is 6.06. The highest BCUT2D eigenvalue weighted by Gasteiger charge is 2.11. The number of anilines is 2. The van der Waals surface area contributed by atoms with Gasteiger partial charge in [-0.05, 0) is 54.4 Å². The van der Waals surface area contributed by atoms with E-state index < -0.39 is 0 Å². The zero-order valence-corrected chi connectivity index (χ0v) is 16.2. The number of hydrogen-bond donors (Lipinski definition) is 3. The number of benzene rings is 3.